The second-order valence-corrected chi connectivity index (χ2v) is 25.3. The summed E-state index contributed by atoms with van der Waals surface area (Å²) in [7, 11) is -5.72. The zero-order chi connectivity index (χ0) is 52.3. The third-order valence-electron chi connectivity index (χ3n) is 13.3. The van der Waals surface area contributed by atoms with Gasteiger partial charge < -0.3 is 35.3 Å². The van der Waals surface area contributed by atoms with Crippen LogP contribution in [0.4, 0.5) is 45.8 Å². The molecule has 3 aliphatic carbocycles. The van der Waals surface area contributed by atoms with Gasteiger partial charge in [-0.25, -0.2) is 28.0 Å². The fourth-order valence-corrected chi connectivity index (χ4v) is 14.2. The van der Waals surface area contributed by atoms with Crippen LogP contribution < -0.4 is 21.3 Å². The molecule has 3 fully saturated rings. The monoisotopic (exact) mass is 1100 g/mol. The van der Waals surface area contributed by atoms with Crippen LogP contribution in [-0.2, 0) is 36.9 Å². The number of ether oxygens (including phenoxy) is 2. The normalized spacial score (nSPS) is 20.2. The number of alkyl halides is 3. The molecule has 0 saturated heterocycles. The molecule has 2 amide bonds. The highest BCUT2D eigenvalue weighted by Crippen LogP contribution is 2.45. The van der Waals surface area contributed by atoms with Crippen LogP contribution >= 0.6 is 22.7 Å². The summed E-state index contributed by atoms with van der Waals surface area (Å²) in [6, 6.07) is 13.2. The summed E-state index contributed by atoms with van der Waals surface area (Å²) in [5, 5.41) is 28.3. The van der Waals surface area contributed by atoms with Crippen molar-refractivity contribution in [1.29, 1.82) is 0 Å². The number of hydrogen-bond donors (Lipinski definition) is 6. The fourth-order valence-electron chi connectivity index (χ4n) is 9.30. The molecule has 6 aromatic rings. The summed E-state index contributed by atoms with van der Waals surface area (Å²) in [5.74, 6) is 1.19. The van der Waals surface area contributed by atoms with Crippen molar-refractivity contribution in [2.45, 2.75) is 161 Å². The van der Waals surface area contributed by atoms with Crippen molar-refractivity contribution in [3.63, 3.8) is 0 Å². The summed E-state index contributed by atoms with van der Waals surface area (Å²) >= 11 is 1.61. The number of aryl methyl sites for hydroxylation is 2. The molecule has 3 aliphatic rings. The van der Waals surface area contributed by atoms with Gasteiger partial charge in [0.2, 0.25) is 0 Å². The van der Waals surface area contributed by atoms with E-state index in [4.69, 9.17) is 14.5 Å². The van der Waals surface area contributed by atoms with E-state index >= 15 is 0 Å². The number of carbonyl (C=O) groups excluding carboxylic acids is 2. The van der Waals surface area contributed by atoms with E-state index in [2.05, 4.69) is 46.6 Å². The van der Waals surface area contributed by atoms with Crippen molar-refractivity contribution < 1.29 is 45.2 Å². The number of anilines is 4. The fraction of sp³-hybridized carbons (Fsp3) is 0.480. The summed E-state index contributed by atoms with van der Waals surface area (Å²) in [4.78, 5) is 35.6. The molecule has 0 spiro atoms. The number of aromatic amines is 2. The van der Waals surface area contributed by atoms with Gasteiger partial charge >= 0.3 is 17.7 Å². The Labute approximate surface area is 438 Å². The molecular formula is C50H59F3N10O7S4. The van der Waals surface area contributed by atoms with Gasteiger partial charge in [0.05, 0.1) is 30.8 Å². The van der Waals surface area contributed by atoms with Crippen LogP contribution in [0.15, 0.2) is 70.7 Å². The zero-order valence-electron chi connectivity index (χ0n) is 41.2. The Balaban J connectivity index is 0.737. The third-order valence-corrected chi connectivity index (χ3v) is 19.1. The van der Waals surface area contributed by atoms with Crippen molar-refractivity contribution in [3.8, 4) is 20.9 Å². The molecule has 4 aromatic heterocycles. The SMILES string of the molecule is Cc1cc(Nc2ccc(-c3cnc([C@H]4CC[C@H](NC(=O)OC(C)CCc5cc(Nc6ccc(-c7cnc([C@H]8CC[C@H](NC(=O)OC(C)C)CC8)s7)c([S+]([O-])C7CC7)c6)n[nH]5)CC4)s3)c(S(=O)(=O)C(F)(F)F)c2)n[nH]1. The molecule has 396 valence electrons. The van der Waals surface area contributed by atoms with Gasteiger partial charge in [0.15, 0.2) is 16.5 Å². The van der Waals surface area contributed by atoms with Crippen LogP contribution in [0.25, 0.3) is 20.9 Å². The number of carbonyl (C=O) groups is 2. The maximum Gasteiger partial charge on any atom is 0.501 e. The highest BCUT2D eigenvalue weighted by molar-refractivity contribution is 7.92. The van der Waals surface area contributed by atoms with E-state index in [0.717, 1.165) is 87.7 Å². The van der Waals surface area contributed by atoms with Gasteiger partial charge in [-0.2, -0.15) is 23.4 Å². The molecule has 6 N–H and O–H groups in total. The minimum Gasteiger partial charge on any atom is -0.611 e. The number of rotatable bonds is 18. The molecular weight excluding hydrogens is 1040 g/mol. The van der Waals surface area contributed by atoms with Crippen LogP contribution in [0.2, 0.25) is 0 Å². The molecule has 4 heterocycles. The lowest BCUT2D eigenvalue weighted by molar-refractivity contribution is -0.0435. The van der Waals surface area contributed by atoms with Crippen molar-refractivity contribution in [3.05, 3.63) is 82.3 Å². The summed E-state index contributed by atoms with van der Waals surface area (Å²) < 4.78 is 92.1. The largest absolute Gasteiger partial charge is 0.611 e. The molecule has 0 aliphatic heterocycles. The Morgan fingerprint density at radius 1 is 0.757 bits per heavy atom. The maximum atomic E-state index is 13.9. The van der Waals surface area contributed by atoms with Gasteiger partial charge in [-0.1, -0.05) is 6.07 Å². The summed E-state index contributed by atoms with van der Waals surface area (Å²) in [6.45, 7) is 7.24. The number of alkyl carbamates (subject to hydrolysis) is 2. The topological polar surface area (TPSA) is 241 Å². The maximum absolute atomic E-state index is 13.9. The molecule has 0 radical (unpaired) electrons. The van der Waals surface area contributed by atoms with Crippen LogP contribution in [0.3, 0.4) is 0 Å². The number of aromatic nitrogens is 6. The average molecular weight is 1100 g/mol. The van der Waals surface area contributed by atoms with E-state index in [-0.39, 0.29) is 46.7 Å². The first-order valence-corrected chi connectivity index (χ1v) is 29.1. The van der Waals surface area contributed by atoms with Gasteiger partial charge in [-0.05, 0) is 127 Å². The molecule has 9 rings (SSSR count). The van der Waals surface area contributed by atoms with Gasteiger partial charge in [0.1, 0.15) is 11.4 Å². The second-order valence-electron chi connectivity index (χ2n) is 19.6. The predicted molar refractivity (Wildman–Crippen MR) is 278 cm³/mol. The van der Waals surface area contributed by atoms with Gasteiger partial charge in [-0.15, -0.1) is 22.7 Å². The van der Waals surface area contributed by atoms with Crippen LogP contribution in [0.1, 0.15) is 125 Å². The number of thiazole rings is 2. The van der Waals surface area contributed by atoms with Crippen molar-refractivity contribution >= 4 is 78.9 Å². The smallest absolute Gasteiger partial charge is 0.501 e. The van der Waals surface area contributed by atoms with Crippen molar-refractivity contribution in [2.75, 3.05) is 10.6 Å². The first-order chi connectivity index (χ1) is 35.3. The highest BCUT2D eigenvalue weighted by atomic mass is 32.2. The summed E-state index contributed by atoms with van der Waals surface area (Å²) in [6.07, 6.45) is 10.9. The van der Waals surface area contributed by atoms with Crippen LogP contribution in [0.5, 0.6) is 0 Å². The number of halogens is 3. The molecule has 0 bridgehead atoms. The number of hydrogen-bond acceptors (Lipinski definition) is 15. The Kier molecular flexibility index (Phi) is 16.3. The average Bonchev–Trinajstić information content (AvgIpc) is 3.71. The van der Waals surface area contributed by atoms with E-state index in [9.17, 15) is 35.7 Å². The van der Waals surface area contributed by atoms with E-state index in [1.807, 2.05) is 51.2 Å². The molecule has 17 nitrogen and oxygen atoms in total. The molecule has 3 saturated carbocycles. The van der Waals surface area contributed by atoms with Gasteiger partial charge in [0, 0.05) is 101 Å². The first kappa shape index (κ1) is 53.1. The molecule has 2 aromatic carbocycles. The lowest BCUT2D eigenvalue weighted by atomic mass is 9.86. The van der Waals surface area contributed by atoms with Gasteiger partial charge in [0.25, 0.3) is 9.84 Å². The standard InChI is InChI=1S/C50H59F3N10O7S4/c1-27(2)69-48(64)58-32-11-6-30(7-12-32)46-54-25-40(71-46)38-19-15-34(22-42(38)73(66)37-17-18-37)56-45-24-36(61-63-45)10-5-29(4)70-49(65)59-33-13-8-31(9-14-33)47-55-26-41(72-47)39-20-16-35(57-44-21-28(3)60-62-44)23-43(39)74(67,68)50(51,52)53/h15-16,19-27,29-33,37H,5-14,17-18H2,1-4H3,(H,58,64)(H,59,65)(H2,56,61,63)(H2,57,60,62)/t29?,30-,31-,32-,33-,73?. The van der Waals surface area contributed by atoms with Gasteiger partial charge in [-0.3, -0.25) is 10.2 Å². The number of H-pyrrole nitrogens is 2. The number of amides is 2. The molecule has 2 unspecified atom stereocenters. The number of benzene rings is 2. The van der Waals surface area contributed by atoms with Crippen LogP contribution in [-0.4, -0.2) is 90.6 Å². The number of sulfone groups is 1. The van der Waals surface area contributed by atoms with E-state index in [1.165, 1.54) is 18.3 Å². The van der Waals surface area contributed by atoms with Crippen molar-refractivity contribution in [1.82, 2.24) is 41.0 Å². The quantitative estimate of drug-likeness (QED) is 0.0440. The van der Waals surface area contributed by atoms with E-state index < -0.39 is 43.6 Å². The number of nitrogens with one attached hydrogen (secondary N) is 6. The lowest BCUT2D eigenvalue weighted by Crippen LogP contribution is -2.39. The predicted octanol–water partition coefficient (Wildman–Crippen LogP) is 11.7. The highest BCUT2D eigenvalue weighted by Gasteiger charge is 2.48. The minimum absolute atomic E-state index is 0.0243. The molecule has 2 atom stereocenters. The lowest BCUT2D eigenvalue weighted by Gasteiger charge is -2.28. The van der Waals surface area contributed by atoms with E-state index in [0.29, 0.717) is 71.7 Å². The second kappa shape index (κ2) is 22.7. The zero-order valence-corrected chi connectivity index (χ0v) is 44.5. The Morgan fingerprint density at radius 3 is 1.85 bits per heavy atom. The summed E-state index contributed by atoms with van der Waals surface area (Å²) in [5.41, 5.74) is -2.26. The molecule has 24 heteroatoms. The molecule has 74 heavy (non-hydrogen) atoms. The van der Waals surface area contributed by atoms with E-state index in [1.54, 1.807) is 24.3 Å². The Bertz CT molecular complexity index is 3030. The third kappa shape index (κ3) is 13.0. The van der Waals surface area contributed by atoms with Crippen molar-refractivity contribution in [2.24, 2.45) is 0 Å². The number of nitrogens with zero attached hydrogens (tertiary/aromatic N) is 4. The Morgan fingerprint density at radius 2 is 1.30 bits per heavy atom. The minimum atomic E-state index is -5.72. The Hall–Kier alpha value is -5.69. The first-order valence-electron chi connectivity index (χ1n) is 24.8. The van der Waals surface area contributed by atoms with Crippen LogP contribution in [0, 0.1) is 6.92 Å².